The van der Waals surface area contributed by atoms with E-state index >= 15 is 0 Å². The van der Waals surface area contributed by atoms with E-state index in [-0.39, 0.29) is 12.1 Å². The van der Waals surface area contributed by atoms with E-state index in [0.29, 0.717) is 5.13 Å². The molecule has 0 saturated heterocycles. The van der Waals surface area contributed by atoms with Gasteiger partial charge in [-0.05, 0) is 24.1 Å². The number of benzene rings is 1. The number of hydrogen-bond donors (Lipinski definition) is 2. The molecule has 1 aromatic heterocycles. The molecule has 5 nitrogen and oxygen atoms in total. The number of carbonyl (C=O) groups is 1. The minimum atomic E-state index is -0.248. The molecule has 0 aliphatic carbocycles. The lowest BCUT2D eigenvalue weighted by atomic mass is 10.0. The molecule has 0 spiro atoms. The second-order valence-corrected chi connectivity index (χ2v) is 5.06. The zero-order valence-corrected chi connectivity index (χ0v) is 12.2. The van der Waals surface area contributed by atoms with Crippen molar-refractivity contribution in [3.8, 4) is 5.75 Å². The summed E-state index contributed by atoms with van der Waals surface area (Å²) in [6.45, 7) is 2.03. The summed E-state index contributed by atoms with van der Waals surface area (Å²) in [6, 6.07) is 7.40. The molecule has 1 atom stereocenters. The van der Waals surface area contributed by atoms with Gasteiger partial charge in [-0.25, -0.2) is 9.78 Å². The number of nitrogens with zero attached hydrogens (tertiary/aromatic N) is 1. The molecule has 1 unspecified atom stereocenters. The normalized spacial score (nSPS) is 11.7. The second kappa shape index (κ2) is 6.91. The van der Waals surface area contributed by atoms with E-state index in [1.807, 2.05) is 36.6 Å². The molecule has 1 aromatic carbocycles. The highest BCUT2D eigenvalue weighted by Crippen LogP contribution is 2.20. The number of anilines is 1. The number of urea groups is 1. The van der Waals surface area contributed by atoms with Crippen LogP contribution in [0.1, 0.15) is 24.9 Å². The zero-order valence-electron chi connectivity index (χ0n) is 11.4. The summed E-state index contributed by atoms with van der Waals surface area (Å²) in [5.74, 6) is 0.802. The van der Waals surface area contributed by atoms with Crippen molar-refractivity contribution in [3.05, 3.63) is 41.4 Å². The van der Waals surface area contributed by atoms with Crippen LogP contribution in [0.25, 0.3) is 0 Å². The fourth-order valence-corrected chi connectivity index (χ4v) is 2.36. The molecule has 20 heavy (non-hydrogen) atoms. The lowest BCUT2D eigenvalue weighted by Crippen LogP contribution is -2.32. The van der Waals surface area contributed by atoms with Gasteiger partial charge < -0.3 is 10.1 Å². The van der Waals surface area contributed by atoms with Gasteiger partial charge in [0.2, 0.25) is 0 Å². The monoisotopic (exact) mass is 291 g/mol. The number of amides is 2. The van der Waals surface area contributed by atoms with Gasteiger partial charge in [-0.1, -0.05) is 19.1 Å². The van der Waals surface area contributed by atoms with Crippen LogP contribution in [0.15, 0.2) is 35.8 Å². The number of carbonyl (C=O) groups excluding carboxylic acids is 1. The third-order valence-electron chi connectivity index (χ3n) is 2.88. The highest BCUT2D eigenvalue weighted by molar-refractivity contribution is 7.13. The number of thiazole rings is 1. The van der Waals surface area contributed by atoms with Gasteiger partial charge >= 0.3 is 6.03 Å². The van der Waals surface area contributed by atoms with Gasteiger partial charge in [0.05, 0.1) is 13.2 Å². The van der Waals surface area contributed by atoms with Crippen molar-refractivity contribution in [1.82, 2.24) is 10.3 Å². The van der Waals surface area contributed by atoms with Gasteiger partial charge in [-0.2, -0.15) is 0 Å². The molecule has 106 valence electrons. The molecule has 2 N–H and O–H groups in total. The van der Waals surface area contributed by atoms with Crippen molar-refractivity contribution in [2.45, 2.75) is 19.4 Å². The van der Waals surface area contributed by atoms with Crippen molar-refractivity contribution < 1.29 is 9.53 Å². The minimum Gasteiger partial charge on any atom is -0.497 e. The quantitative estimate of drug-likeness (QED) is 0.887. The Morgan fingerprint density at radius 1 is 1.40 bits per heavy atom. The summed E-state index contributed by atoms with van der Waals surface area (Å²) in [5, 5.41) is 8.05. The van der Waals surface area contributed by atoms with Crippen molar-refractivity contribution in [1.29, 1.82) is 0 Å². The molecular weight excluding hydrogens is 274 g/mol. The van der Waals surface area contributed by atoms with E-state index in [0.717, 1.165) is 17.7 Å². The number of methoxy groups -OCH3 is 1. The van der Waals surface area contributed by atoms with E-state index < -0.39 is 0 Å². The van der Waals surface area contributed by atoms with Crippen molar-refractivity contribution in [3.63, 3.8) is 0 Å². The molecule has 0 bridgehead atoms. The van der Waals surface area contributed by atoms with Gasteiger partial charge in [-0.3, -0.25) is 5.32 Å². The molecule has 6 heteroatoms. The Hall–Kier alpha value is -2.08. The van der Waals surface area contributed by atoms with Crippen LogP contribution in [0.3, 0.4) is 0 Å². The van der Waals surface area contributed by atoms with Gasteiger partial charge in [0, 0.05) is 11.6 Å². The summed E-state index contributed by atoms with van der Waals surface area (Å²) < 4.78 is 5.13. The summed E-state index contributed by atoms with van der Waals surface area (Å²) in [6.07, 6.45) is 2.46. The van der Waals surface area contributed by atoms with Gasteiger partial charge in [0.25, 0.3) is 0 Å². The van der Waals surface area contributed by atoms with Gasteiger partial charge in [0.15, 0.2) is 5.13 Å². The highest BCUT2D eigenvalue weighted by Gasteiger charge is 2.13. The van der Waals surface area contributed by atoms with E-state index in [1.54, 1.807) is 13.3 Å². The molecule has 0 radical (unpaired) electrons. The molecule has 0 saturated carbocycles. The number of ether oxygens (including phenoxy) is 1. The van der Waals surface area contributed by atoms with Crippen LogP contribution in [0.5, 0.6) is 5.75 Å². The average molecular weight is 291 g/mol. The summed E-state index contributed by atoms with van der Waals surface area (Å²) in [5.41, 5.74) is 1.04. The molecule has 0 fully saturated rings. The first-order valence-electron chi connectivity index (χ1n) is 6.34. The zero-order chi connectivity index (χ0) is 14.4. The van der Waals surface area contributed by atoms with Crippen LogP contribution in [0.4, 0.5) is 9.93 Å². The lowest BCUT2D eigenvalue weighted by Gasteiger charge is -2.17. The lowest BCUT2D eigenvalue weighted by molar-refractivity contribution is 0.248. The fourth-order valence-electron chi connectivity index (χ4n) is 1.83. The smallest absolute Gasteiger partial charge is 0.321 e. The van der Waals surface area contributed by atoms with E-state index in [4.69, 9.17) is 4.74 Å². The maximum Gasteiger partial charge on any atom is 0.321 e. The fraction of sp³-hybridized carbons (Fsp3) is 0.286. The number of rotatable bonds is 5. The Morgan fingerprint density at radius 2 is 2.15 bits per heavy atom. The average Bonchev–Trinajstić information content (AvgIpc) is 2.97. The first-order valence-corrected chi connectivity index (χ1v) is 7.22. The molecule has 2 amide bonds. The van der Waals surface area contributed by atoms with Crippen LogP contribution in [0.2, 0.25) is 0 Å². The molecule has 1 heterocycles. The van der Waals surface area contributed by atoms with E-state index in [1.165, 1.54) is 11.3 Å². The molecule has 2 aromatic rings. The first kappa shape index (κ1) is 14.3. The predicted octanol–water partition coefficient (Wildman–Crippen LogP) is 3.42. The Bertz CT molecular complexity index is 540. The third-order valence-corrected chi connectivity index (χ3v) is 3.57. The first-order chi connectivity index (χ1) is 9.72. The van der Waals surface area contributed by atoms with Gasteiger partial charge in [-0.15, -0.1) is 11.3 Å². The number of nitrogens with one attached hydrogen (secondary N) is 2. The van der Waals surface area contributed by atoms with E-state index in [9.17, 15) is 4.79 Å². The summed E-state index contributed by atoms with van der Waals surface area (Å²) >= 11 is 1.39. The largest absolute Gasteiger partial charge is 0.497 e. The standard InChI is InChI=1S/C14H17N3O2S/c1-3-12(10-4-6-11(19-2)7-5-10)16-13(18)17-14-15-8-9-20-14/h4-9,12H,3H2,1-2H3,(H2,15,16,17,18). The van der Waals surface area contributed by atoms with Gasteiger partial charge in [0.1, 0.15) is 5.75 Å². The third kappa shape index (κ3) is 3.71. The molecule has 2 rings (SSSR count). The van der Waals surface area contributed by atoms with Crippen molar-refractivity contribution in [2.24, 2.45) is 0 Å². The Balaban J connectivity index is 1.98. The number of hydrogen-bond acceptors (Lipinski definition) is 4. The van der Waals surface area contributed by atoms with Crippen LogP contribution < -0.4 is 15.4 Å². The minimum absolute atomic E-state index is 0.0409. The van der Waals surface area contributed by atoms with Crippen LogP contribution in [-0.4, -0.2) is 18.1 Å². The van der Waals surface area contributed by atoms with Crippen molar-refractivity contribution >= 4 is 22.5 Å². The van der Waals surface area contributed by atoms with E-state index in [2.05, 4.69) is 15.6 Å². The molecule has 0 aliphatic rings. The van der Waals surface area contributed by atoms with Crippen molar-refractivity contribution in [2.75, 3.05) is 12.4 Å². The Labute approximate surface area is 122 Å². The second-order valence-electron chi connectivity index (χ2n) is 4.17. The van der Waals surface area contributed by atoms with Crippen LogP contribution in [0, 0.1) is 0 Å². The number of aromatic nitrogens is 1. The SMILES string of the molecule is CCC(NC(=O)Nc1nccs1)c1ccc(OC)cc1. The maximum absolute atomic E-state index is 11.9. The molecular formula is C14H17N3O2S. The van der Waals surface area contributed by atoms with Crippen LogP contribution in [-0.2, 0) is 0 Å². The maximum atomic E-state index is 11.9. The summed E-state index contributed by atoms with van der Waals surface area (Å²) in [7, 11) is 1.63. The topological polar surface area (TPSA) is 63.2 Å². The molecule has 0 aliphatic heterocycles. The summed E-state index contributed by atoms with van der Waals surface area (Å²) in [4.78, 5) is 15.9. The highest BCUT2D eigenvalue weighted by atomic mass is 32.1. The Morgan fingerprint density at radius 3 is 2.70 bits per heavy atom. The Kier molecular flexibility index (Phi) is 4.95. The van der Waals surface area contributed by atoms with Crippen LogP contribution >= 0.6 is 11.3 Å². The predicted molar refractivity (Wildman–Crippen MR) is 80.3 cm³/mol.